The molecule has 1 atom stereocenters. The maximum Gasteiger partial charge on any atom is 0.338 e. The largest absolute Gasteiger partial charge is 0.338 e. The first-order valence-electron chi connectivity index (χ1n) is 6.21. The summed E-state index contributed by atoms with van der Waals surface area (Å²) in [5.41, 5.74) is 0.696. The fraction of sp³-hybridized carbons (Fsp3) is 0.538. The van der Waals surface area contributed by atoms with Gasteiger partial charge in [-0.2, -0.15) is 0 Å². The van der Waals surface area contributed by atoms with Gasteiger partial charge in [0.1, 0.15) is 0 Å². The van der Waals surface area contributed by atoms with Crippen molar-refractivity contribution in [3.8, 4) is 0 Å². The number of hydrogen-bond donors (Lipinski definition) is 0. The minimum atomic E-state index is -3.11. The van der Waals surface area contributed by atoms with E-state index in [0.29, 0.717) is 24.7 Å². The predicted molar refractivity (Wildman–Crippen MR) is 75.3 cm³/mol. The van der Waals surface area contributed by atoms with Gasteiger partial charge in [-0.25, -0.2) is 0 Å². The van der Waals surface area contributed by atoms with Gasteiger partial charge < -0.3 is 9.05 Å². The Balaban J connectivity index is 3.05. The highest BCUT2D eigenvalue weighted by molar-refractivity contribution is 7.54. The van der Waals surface area contributed by atoms with Crippen LogP contribution in [0.5, 0.6) is 0 Å². The number of benzene rings is 1. The second kappa shape index (κ2) is 7.30. The van der Waals surface area contributed by atoms with Crippen LogP contribution in [-0.2, 0) is 13.6 Å². The summed E-state index contributed by atoms with van der Waals surface area (Å²) in [5, 5.41) is 0.663. The third kappa shape index (κ3) is 3.83. The molecule has 3 nitrogen and oxygen atoms in total. The van der Waals surface area contributed by atoms with Gasteiger partial charge in [0.05, 0.1) is 18.9 Å². The van der Waals surface area contributed by atoms with Crippen molar-refractivity contribution in [3.63, 3.8) is 0 Å². The summed E-state index contributed by atoms with van der Waals surface area (Å²) < 4.78 is 23.6. The molecule has 0 aliphatic rings. The van der Waals surface area contributed by atoms with Crippen LogP contribution in [0.15, 0.2) is 24.3 Å². The lowest BCUT2D eigenvalue weighted by Gasteiger charge is -2.25. The van der Waals surface area contributed by atoms with Crippen molar-refractivity contribution in [1.82, 2.24) is 0 Å². The van der Waals surface area contributed by atoms with Crippen LogP contribution in [0.1, 0.15) is 38.4 Å². The normalized spacial score (nSPS) is 13.6. The van der Waals surface area contributed by atoms with E-state index in [-0.39, 0.29) is 5.66 Å². The second-order valence-electron chi connectivity index (χ2n) is 3.85. The molecule has 0 unspecified atom stereocenters. The van der Waals surface area contributed by atoms with Gasteiger partial charge in [-0.05, 0) is 38.0 Å². The number of hydrogen-bond acceptors (Lipinski definition) is 3. The maximum atomic E-state index is 12.8. The molecule has 0 aliphatic heterocycles. The van der Waals surface area contributed by atoms with E-state index in [1.54, 1.807) is 12.1 Å². The van der Waals surface area contributed by atoms with Crippen LogP contribution in [-0.4, -0.2) is 13.2 Å². The highest BCUT2D eigenvalue weighted by Gasteiger charge is 2.35. The molecule has 0 amide bonds. The average molecular weight is 291 g/mol. The summed E-state index contributed by atoms with van der Waals surface area (Å²) in [6, 6.07) is 7.34. The van der Waals surface area contributed by atoms with E-state index in [2.05, 4.69) is 0 Å². The summed E-state index contributed by atoms with van der Waals surface area (Å²) in [5.74, 6) is 0. The van der Waals surface area contributed by atoms with Crippen molar-refractivity contribution >= 4 is 19.2 Å². The van der Waals surface area contributed by atoms with Crippen molar-refractivity contribution in [2.75, 3.05) is 13.2 Å². The Kier molecular flexibility index (Phi) is 6.37. The first-order chi connectivity index (χ1) is 8.57. The van der Waals surface area contributed by atoms with Gasteiger partial charge in [0.25, 0.3) is 0 Å². The Bertz CT molecular complexity index is 395. The van der Waals surface area contributed by atoms with Crippen LogP contribution in [0, 0.1) is 0 Å². The van der Waals surface area contributed by atoms with Crippen molar-refractivity contribution in [3.05, 3.63) is 34.9 Å². The molecule has 0 saturated heterocycles. The molecule has 0 spiro atoms. The highest BCUT2D eigenvalue weighted by atomic mass is 35.5. The van der Waals surface area contributed by atoms with Gasteiger partial charge >= 0.3 is 7.60 Å². The zero-order chi connectivity index (χ0) is 13.6. The van der Waals surface area contributed by atoms with E-state index < -0.39 is 7.60 Å². The molecule has 0 saturated carbocycles. The SMILES string of the molecule is CCOP(=O)(OCC)[C@H](CC)c1ccc(Cl)cc1. The van der Waals surface area contributed by atoms with Crippen molar-refractivity contribution in [2.45, 2.75) is 32.9 Å². The summed E-state index contributed by atoms with van der Waals surface area (Å²) in [4.78, 5) is 0. The number of halogens is 1. The molecular weight excluding hydrogens is 271 g/mol. The number of rotatable bonds is 7. The van der Waals surface area contributed by atoms with Crippen molar-refractivity contribution in [1.29, 1.82) is 0 Å². The summed E-state index contributed by atoms with van der Waals surface area (Å²) in [7, 11) is -3.11. The molecule has 0 aromatic heterocycles. The Morgan fingerprint density at radius 2 is 1.61 bits per heavy atom. The molecule has 1 rings (SSSR count). The van der Waals surface area contributed by atoms with Gasteiger partial charge in [0.15, 0.2) is 0 Å². The van der Waals surface area contributed by atoms with Crippen LogP contribution in [0.2, 0.25) is 5.02 Å². The summed E-state index contributed by atoms with van der Waals surface area (Å²) in [6.07, 6.45) is 0.693. The Morgan fingerprint density at radius 3 is 2.00 bits per heavy atom. The van der Waals surface area contributed by atoms with Crippen molar-refractivity contribution in [2.24, 2.45) is 0 Å². The lowest BCUT2D eigenvalue weighted by molar-refractivity contribution is 0.211. The van der Waals surface area contributed by atoms with Gasteiger partial charge in [0, 0.05) is 5.02 Å². The lowest BCUT2D eigenvalue weighted by Crippen LogP contribution is -2.06. The third-order valence-corrected chi connectivity index (χ3v) is 5.56. The van der Waals surface area contributed by atoms with Crippen LogP contribution < -0.4 is 0 Å². The molecule has 0 bridgehead atoms. The van der Waals surface area contributed by atoms with Gasteiger partial charge in [-0.1, -0.05) is 30.7 Å². The minimum absolute atomic E-state index is 0.241. The zero-order valence-corrected chi connectivity index (χ0v) is 12.7. The van der Waals surface area contributed by atoms with E-state index in [1.807, 2.05) is 32.9 Å². The highest BCUT2D eigenvalue weighted by Crippen LogP contribution is 2.62. The fourth-order valence-electron chi connectivity index (χ4n) is 1.90. The van der Waals surface area contributed by atoms with Crippen molar-refractivity contribution < 1.29 is 13.6 Å². The molecule has 0 radical (unpaired) electrons. The molecule has 5 heteroatoms. The van der Waals surface area contributed by atoms with Crippen LogP contribution in [0.3, 0.4) is 0 Å². The molecule has 18 heavy (non-hydrogen) atoms. The summed E-state index contributed by atoms with van der Waals surface area (Å²) >= 11 is 5.86. The Morgan fingerprint density at radius 1 is 1.11 bits per heavy atom. The fourth-order valence-corrected chi connectivity index (χ4v) is 4.17. The van der Waals surface area contributed by atoms with E-state index in [4.69, 9.17) is 20.6 Å². The molecule has 0 N–H and O–H groups in total. The Hall–Kier alpha value is -0.340. The monoisotopic (exact) mass is 290 g/mol. The molecule has 102 valence electrons. The molecule has 0 fully saturated rings. The van der Waals surface area contributed by atoms with Gasteiger partial charge in [-0.15, -0.1) is 0 Å². The average Bonchev–Trinajstić information content (AvgIpc) is 2.33. The molecule has 1 aromatic rings. The van der Waals surface area contributed by atoms with Crippen LogP contribution in [0.25, 0.3) is 0 Å². The first-order valence-corrected chi connectivity index (χ1v) is 8.20. The molecule has 1 aromatic carbocycles. The molecule has 0 aliphatic carbocycles. The van der Waals surface area contributed by atoms with E-state index in [9.17, 15) is 4.57 Å². The van der Waals surface area contributed by atoms with Crippen LogP contribution >= 0.6 is 19.2 Å². The maximum absolute atomic E-state index is 12.8. The molecular formula is C13H20ClO3P. The predicted octanol–water partition coefficient (Wildman–Crippen LogP) is 5.06. The summed E-state index contributed by atoms with van der Waals surface area (Å²) in [6.45, 7) is 6.37. The van der Waals surface area contributed by atoms with Gasteiger partial charge in [-0.3, -0.25) is 4.57 Å². The standard InChI is InChI=1S/C13H20ClO3P/c1-4-13(11-7-9-12(14)10-8-11)18(15,16-5-2)17-6-3/h7-10,13H,4-6H2,1-3H3/t13-/m1/s1. The Labute approximate surface area is 114 Å². The second-order valence-corrected chi connectivity index (χ2v) is 6.51. The topological polar surface area (TPSA) is 35.5 Å². The lowest BCUT2D eigenvalue weighted by atomic mass is 10.1. The van der Waals surface area contributed by atoms with Crippen LogP contribution in [0.4, 0.5) is 0 Å². The smallest absolute Gasteiger partial charge is 0.308 e. The third-order valence-electron chi connectivity index (χ3n) is 2.64. The van der Waals surface area contributed by atoms with E-state index in [0.717, 1.165) is 5.56 Å². The van der Waals surface area contributed by atoms with E-state index in [1.165, 1.54) is 0 Å². The minimum Gasteiger partial charge on any atom is -0.308 e. The van der Waals surface area contributed by atoms with Gasteiger partial charge in [0.2, 0.25) is 0 Å². The zero-order valence-electron chi connectivity index (χ0n) is 11.1. The van der Waals surface area contributed by atoms with E-state index >= 15 is 0 Å². The molecule has 0 heterocycles. The quantitative estimate of drug-likeness (QED) is 0.659. The first kappa shape index (κ1) is 15.7.